The van der Waals surface area contributed by atoms with E-state index < -0.39 is 17.9 Å². The molecule has 0 heterocycles. The van der Waals surface area contributed by atoms with Gasteiger partial charge in [-0.2, -0.15) is 0 Å². The van der Waals surface area contributed by atoms with Gasteiger partial charge in [-0.1, -0.05) is 30.3 Å². The quantitative estimate of drug-likeness (QED) is 0.586. The molecule has 6 nitrogen and oxygen atoms in total. The van der Waals surface area contributed by atoms with E-state index in [-0.39, 0.29) is 12.2 Å². The number of carboxylic acids is 1. The Morgan fingerprint density at radius 3 is 2.26 bits per heavy atom. The van der Waals surface area contributed by atoms with E-state index in [1.165, 1.54) is 12.1 Å². The second kappa shape index (κ2) is 7.95. The number of amides is 1. The molecule has 0 fully saturated rings. The van der Waals surface area contributed by atoms with Crippen molar-refractivity contribution < 1.29 is 19.8 Å². The van der Waals surface area contributed by atoms with Gasteiger partial charge in [0.15, 0.2) is 0 Å². The van der Waals surface area contributed by atoms with Gasteiger partial charge in [0.25, 0.3) is 0 Å². The van der Waals surface area contributed by atoms with Crippen LogP contribution >= 0.6 is 0 Å². The number of phenolic OH excluding ortho intramolecular Hbond substituents is 1. The monoisotopic (exact) mass is 314 g/mol. The Bertz CT molecular complexity index is 656. The van der Waals surface area contributed by atoms with Crippen LogP contribution in [0.3, 0.4) is 0 Å². The molecule has 0 saturated carbocycles. The number of benzene rings is 2. The maximum Gasteiger partial charge on any atom is 0.321 e. The van der Waals surface area contributed by atoms with Gasteiger partial charge < -0.3 is 15.5 Å². The minimum atomic E-state index is -1.08. The van der Waals surface area contributed by atoms with Crippen molar-refractivity contribution in [3.8, 4) is 5.75 Å². The summed E-state index contributed by atoms with van der Waals surface area (Å²) in [6.45, 7) is 0.365. The number of hydrogen-bond donors (Lipinski definition) is 4. The first kappa shape index (κ1) is 16.5. The van der Waals surface area contributed by atoms with Gasteiger partial charge in [0.05, 0.1) is 6.42 Å². The number of carbonyl (C=O) groups is 2. The summed E-state index contributed by atoms with van der Waals surface area (Å²) in [6, 6.07) is 14.4. The van der Waals surface area contributed by atoms with E-state index in [4.69, 9.17) is 0 Å². The van der Waals surface area contributed by atoms with Crippen molar-refractivity contribution >= 4 is 17.6 Å². The largest absolute Gasteiger partial charge is 0.508 e. The number of carboxylic acid groups (broad SMARTS) is 1. The third-order valence-electron chi connectivity index (χ3n) is 3.23. The minimum Gasteiger partial charge on any atom is -0.508 e. The van der Waals surface area contributed by atoms with Crippen LogP contribution in [0.4, 0.5) is 5.69 Å². The van der Waals surface area contributed by atoms with E-state index in [0.29, 0.717) is 12.2 Å². The van der Waals surface area contributed by atoms with Crippen LogP contribution in [0.5, 0.6) is 5.75 Å². The molecule has 6 heteroatoms. The number of aromatic hydroxyl groups is 1. The summed E-state index contributed by atoms with van der Waals surface area (Å²) in [5.41, 5.74) is 1.44. The van der Waals surface area contributed by atoms with Crippen LogP contribution in [0.15, 0.2) is 54.6 Å². The fourth-order valence-electron chi connectivity index (χ4n) is 2.03. The maximum atomic E-state index is 11.9. The molecule has 2 rings (SSSR count). The zero-order valence-electron chi connectivity index (χ0n) is 12.4. The van der Waals surface area contributed by atoms with Crippen molar-refractivity contribution in [3.05, 3.63) is 60.2 Å². The van der Waals surface area contributed by atoms with E-state index in [0.717, 1.165) is 5.56 Å². The van der Waals surface area contributed by atoms with E-state index in [1.54, 1.807) is 12.1 Å². The molecule has 0 aromatic heterocycles. The van der Waals surface area contributed by atoms with Crippen LogP contribution in [0.1, 0.15) is 12.0 Å². The first-order valence-corrected chi connectivity index (χ1v) is 7.13. The number of aliphatic carboxylic acids is 1. The predicted molar refractivity (Wildman–Crippen MR) is 86.1 cm³/mol. The highest BCUT2D eigenvalue weighted by molar-refractivity contribution is 5.94. The van der Waals surface area contributed by atoms with Crippen molar-refractivity contribution in [3.63, 3.8) is 0 Å². The number of hydrogen-bond acceptors (Lipinski definition) is 4. The third-order valence-corrected chi connectivity index (χ3v) is 3.23. The van der Waals surface area contributed by atoms with Gasteiger partial charge in [-0.3, -0.25) is 14.9 Å². The second-order valence-corrected chi connectivity index (χ2v) is 5.06. The molecule has 1 atom stereocenters. The molecular weight excluding hydrogens is 296 g/mol. The highest BCUT2D eigenvalue weighted by Gasteiger charge is 2.20. The van der Waals surface area contributed by atoms with Crippen molar-refractivity contribution in [1.29, 1.82) is 0 Å². The Kier molecular flexibility index (Phi) is 5.71. The molecule has 0 unspecified atom stereocenters. The van der Waals surface area contributed by atoms with Crippen LogP contribution < -0.4 is 10.6 Å². The molecule has 0 radical (unpaired) electrons. The van der Waals surface area contributed by atoms with E-state index in [9.17, 15) is 19.8 Å². The molecular formula is C17H18N2O4. The molecule has 0 aliphatic heterocycles. The van der Waals surface area contributed by atoms with Gasteiger partial charge in [-0.25, -0.2) is 0 Å². The van der Waals surface area contributed by atoms with Gasteiger partial charge >= 0.3 is 5.97 Å². The normalized spacial score (nSPS) is 11.7. The van der Waals surface area contributed by atoms with Crippen molar-refractivity contribution in [2.24, 2.45) is 0 Å². The Balaban J connectivity index is 1.89. The molecule has 120 valence electrons. The molecule has 2 aromatic rings. The summed E-state index contributed by atoms with van der Waals surface area (Å²) in [5.74, 6) is -1.40. The molecule has 0 spiro atoms. The van der Waals surface area contributed by atoms with Crippen molar-refractivity contribution in [1.82, 2.24) is 5.32 Å². The fraction of sp³-hybridized carbons (Fsp3) is 0.176. The Morgan fingerprint density at radius 2 is 1.65 bits per heavy atom. The fourth-order valence-corrected chi connectivity index (χ4v) is 2.03. The second-order valence-electron chi connectivity index (χ2n) is 5.06. The van der Waals surface area contributed by atoms with Gasteiger partial charge in [-0.15, -0.1) is 0 Å². The molecule has 0 aliphatic carbocycles. The minimum absolute atomic E-state index is 0.0935. The zero-order chi connectivity index (χ0) is 16.7. The molecule has 4 N–H and O–H groups in total. The molecule has 23 heavy (non-hydrogen) atoms. The van der Waals surface area contributed by atoms with Crippen LogP contribution in [0.25, 0.3) is 0 Å². The maximum absolute atomic E-state index is 11.9. The zero-order valence-corrected chi connectivity index (χ0v) is 12.4. The number of anilines is 1. The lowest BCUT2D eigenvalue weighted by Crippen LogP contribution is -2.39. The van der Waals surface area contributed by atoms with Crippen LogP contribution in [0.2, 0.25) is 0 Å². The Hall–Kier alpha value is -2.86. The summed E-state index contributed by atoms with van der Waals surface area (Å²) >= 11 is 0. The lowest BCUT2D eigenvalue weighted by atomic mass is 10.1. The summed E-state index contributed by atoms with van der Waals surface area (Å²) in [7, 11) is 0. The van der Waals surface area contributed by atoms with Crippen LogP contribution in [0, 0.1) is 0 Å². The average molecular weight is 314 g/mol. The first-order chi connectivity index (χ1) is 11.0. The number of phenols is 1. The SMILES string of the molecule is O=C(C[C@H](NCc1ccccc1)C(=O)O)Nc1ccc(O)cc1. The smallest absolute Gasteiger partial charge is 0.321 e. The molecule has 0 aliphatic rings. The molecule has 0 saturated heterocycles. The first-order valence-electron chi connectivity index (χ1n) is 7.13. The van der Waals surface area contributed by atoms with Crippen molar-refractivity contribution in [2.45, 2.75) is 19.0 Å². The van der Waals surface area contributed by atoms with E-state index in [2.05, 4.69) is 10.6 Å². The molecule has 0 bridgehead atoms. The third kappa shape index (κ3) is 5.44. The van der Waals surface area contributed by atoms with Gasteiger partial charge in [-0.05, 0) is 29.8 Å². The number of carbonyl (C=O) groups excluding carboxylic acids is 1. The molecule has 2 aromatic carbocycles. The van der Waals surface area contributed by atoms with E-state index >= 15 is 0 Å². The van der Waals surface area contributed by atoms with Gasteiger partial charge in [0.2, 0.25) is 5.91 Å². The highest BCUT2D eigenvalue weighted by atomic mass is 16.4. The lowest BCUT2D eigenvalue weighted by molar-refractivity contribution is -0.141. The van der Waals surface area contributed by atoms with E-state index in [1.807, 2.05) is 30.3 Å². The number of rotatable bonds is 7. The van der Waals surface area contributed by atoms with Crippen molar-refractivity contribution in [2.75, 3.05) is 5.32 Å². The predicted octanol–water partition coefficient (Wildman–Crippen LogP) is 1.96. The Morgan fingerprint density at radius 1 is 1.00 bits per heavy atom. The summed E-state index contributed by atoms with van der Waals surface area (Å²) in [5, 5.41) is 23.9. The molecule has 1 amide bonds. The highest BCUT2D eigenvalue weighted by Crippen LogP contribution is 2.14. The van der Waals surface area contributed by atoms with Gasteiger partial charge in [0, 0.05) is 12.2 Å². The summed E-state index contributed by atoms with van der Waals surface area (Å²) in [4.78, 5) is 23.2. The van der Waals surface area contributed by atoms with Gasteiger partial charge in [0.1, 0.15) is 11.8 Å². The summed E-state index contributed by atoms with van der Waals surface area (Å²) in [6.07, 6.45) is -0.191. The lowest BCUT2D eigenvalue weighted by Gasteiger charge is -2.14. The Labute approximate surface area is 133 Å². The van der Waals surface area contributed by atoms with Crippen LogP contribution in [-0.2, 0) is 16.1 Å². The number of nitrogens with one attached hydrogen (secondary N) is 2. The summed E-state index contributed by atoms with van der Waals surface area (Å²) < 4.78 is 0. The standard InChI is InChI=1S/C17H18N2O4/c20-14-8-6-13(7-9-14)19-16(21)10-15(17(22)23)18-11-12-4-2-1-3-5-12/h1-9,15,18,20H,10-11H2,(H,19,21)(H,22,23)/t15-/m0/s1. The average Bonchev–Trinajstić information content (AvgIpc) is 2.54. The van der Waals surface area contributed by atoms with Crippen LogP contribution in [-0.4, -0.2) is 28.1 Å². The topological polar surface area (TPSA) is 98.7 Å².